The topological polar surface area (TPSA) is 64.3 Å². The van der Waals surface area contributed by atoms with Crippen LogP contribution in [-0.2, 0) is 0 Å². The summed E-state index contributed by atoms with van der Waals surface area (Å²) in [5, 5.41) is 2.94. The van der Waals surface area contributed by atoms with Gasteiger partial charge in [-0.25, -0.2) is 4.98 Å². The summed E-state index contributed by atoms with van der Waals surface area (Å²) in [6, 6.07) is 1.98. The van der Waals surface area contributed by atoms with Gasteiger partial charge >= 0.3 is 0 Å². The van der Waals surface area contributed by atoms with Crippen LogP contribution in [0.25, 0.3) is 10.2 Å². The molecular weight excluding hydrogens is 236 g/mol. The third kappa shape index (κ3) is 2.05. The molecule has 0 radical (unpaired) electrons. The monoisotopic (exact) mass is 250 g/mol. The molecule has 6 heteroatoms. The van der Waals surface area contributed by atoms with Crippen molar-refractivity contribution in [2.45, 2.75) is 12.5 Å². The summed E-state index contributed by atoms with van der Waals surface area (Å²) in [5.41, 5.74) is 5.68. The van der Waals surface area contributed by atoms with Gasteiger partial charge in [-0.05, 0) is 24.9 Å². The van der Waals surface area contributed by atoms with Crippen LogP contribution in [0.4, 0.5) is 5.95 Å². The van der Waals surface area contributed by atoms with Gasteiger partial charge in [0, 0.05) is 13.1 Å². The molecule has 3 heterocycles. The Morgan fingerprint density at radius 3 is 3.18 bits per heavy atom. The van der Waals surface area contributed by atoms with Gasteiger partial charge in [0.2, 0.25) is 11.8 Å². The standard InChI is InChI=1S/C11H14N4OS/c1-15-4-2-7(6-15)16-9-8-3-5-17-10(8)14-11(12)13-9/h3,5,7H,2,4,6H2,1H3,(H2,12,13,14). The lowest BCUT2D eigenvalue weighted by Gasteiger charge is -2.13. The fourth-order valence-corrected chi connectivity index (χ4v) is 2.84. The molecule has 2 aromatic heterocycles. The minimum absolute atomic E-state index is 0.206. The van der Waals surface area contributed by atoms with E-state index in [0.29, 0.717) is 5.88 Å². The molecule has 1 saturated heterocycles. The largest absolute Gasteiger partial charge is 0.472 e. The number of nitrogens with zero attached hydrogens (tertiary/aromatic N) is 3. The van der Waals surface area contributed by atoms with Crippen LogP contribution in [0.3, 0.4) is 0 Å². The van der Waals surface area contributed by atoms with Crippen molar-refractivity contribution >= 4 is 27.5 Å². The zero-order chi connectivity index (χ0) is 11.8. The minimum atomic E-state index is 0.206. The van der Waals surface area contributed by atoms with Gasteiger partial charge in [-0.15, -0.1) is 11.3 Å². The van der Waals surface area contributed by atoms with E-state index in [9.17, 15) is 0 Å². The molecule has 0 spiro atoms. The van der Waals surface area contributed by atoms with Crippen molar-refractivity contribution in [3.05, 3.63) is 11.4 Å². The van der Waals surface area contributed by atoms with Crippen LogP contribution >= 0.6 is 11.3 Å². The smallest absolute Gasteiger partial charge is 0.227 e. The van der Waals surface area contributed by atoms with Crippen LogP contribution in [0.5, 0.6) is 5.88 Å². The normalized spacial score (nSPS) is 21.1. The predicted octanol–water partition coefficient (Wildman–Crippen LogP) is 1.36. The Morgan fingerprint density at radius 2 is 2.41 bits per heavy atom. The van der Waals surface area contributed by atoms with E-state index in [1.165, 1.54) is 0 Å². The molecule has 5 nitrogen and oxygen atoms in total. The second-order valence-electron chi connectivity index (χ2n) is 4.32. The average molecular weight is 250 g/mol. The van der Waals surface area contributed by atoms with Gasteiger partial charge < -0.3 is 15.4 Å². The Bertz CT molecular complexity index is 541. The molecule has 0 amide bonds. The highest BCUT2D eigenvalue weighted by molar-refractivity contribution is 7.16. The molecule has 1 aliphatic rings. The number of rotatable bonds is 2. The molecule has 0 bridgehead atoms. The summed E-state index contributed by atoms with van der Waals surface area (Å²) >= 11 is 1.55. The van der Waals surface area contributed by atoms with Gasteiger partial charge in [-0.3, -0.25) is 0 Å². The van der Waals surface area contributed by atoms with Crippen LogP contribution in [0.15, 0.2) is 11.4 Å². The van der Waals surface area contributed by atoms with Gasteiger partial charge in [0.1, 0.15) is 10.9 Å². The maximum absolute atomic E-state index is 5.93. The first-order valence-corrected chi connectivity index (χ1v) is 6.46. The quantitative estimate of drug-likeness (QED) is 0.871. The van der Waals surface area contributed by atoms with Crippen molar-refractivity contribution in [3.63, 3.8) is 0 Å². The van der Waals surface area contributed by atoms with Crippen molar-refractivity contribution in [1.82, 2.24) is 14.9 Å². The summed E-state index contributed by atoms with van der Waals surface area (Å²) in [6.07, 6.45) is 1.24. The third-order valence-corrected chi connectivity index (χ3v) is 3.74. The van der Waals surface area contributed by atoms with Gasteiger partial charge in [0.25, 0.3) is 0 Å². The number of aromatic nitrogens is 2. The fraction of sp³-hybridized carbons (Fsp3) is 0.455. The van der Waals surface area contributed by atoms with E-state index in [2.05, 4.69) is 21.9 Å². The van der Waals surface area contributed by atoms with Crippen molar-refractivity contribution in [2.75, 3.05) is 25.9 Å². The number of fused-ring (bicyclic) bond motifs is 1. The van der Waals surface area contributed by atoms with E-state index < -0.39 is 0 Å². The Labute approximate surface area is 103 Å². The SMILES string of the molecule is CN1CCC(Oc2nc(N)nc3sccc23)C1. The molecule has 1 aliphatic heterocycles. The lowest BCUT2D eigenvalue weighted by Crippen LogP contribution is -2.22. The maximum Gasteiger partial charge on any atom is 0.227 e. The van der Waals surface area contributed by atoms with Crippen molar-refractivity contribution in [3.8, 4) is 5.88 Å². The van der Waals surface area contributed by atoms with Crippen LogP contribution in [-0.4, -0.2) is 41.1 Å². The number of likely N-dealkylation sites (tertiary alicyclic amines) is 1. The summed E-state index contributed by atoms with van der Waals surface area (Å²) in [4.78, 5) is 11.5. The first kappa shape index (κ1) is 10.7. The molecule has 17 heavy (non-hydrogen) atoms. The number of anilines is 1. The van der Waals surface area contributed by atoms with E-state index in [-0.39, 0.29) is 12.1 Å². The van der Waals surface area contributed by atoms with Crippen LogP contribution in [0.2, 0.25) is 0 Å². The molecule has 3 rings (SSSR count). The number of hydrogen-bond acceptors (Lipinski definition) is 6. The Balaban J connectivity index is 1.91. The van der Waals surface area contributed by atoms with E-state index in [1.807, 2.05) is 11.4 Å². The maximum atomic E-state index is 5.93. The highest BCUT2D eigenvalue weighted by atomic mass is 32.1. The zero-order valence-electron chi connectivity index (χ0n) is 9.59. The lowest BCUT2D eigenvalue weighted by molar-refractivity contribution is 0.203. The summed E-state index contributed by atoms with van der Waals surface area (Å²) in [7, 11) is 2.10. The van der Waals surface area contributed by atoms with E-state index >= 15 is 0 Å². The summed E-state index contributed by atoms with van der Waals surface area (Å²) < 4.78 is 5.93. The summed E-state index contributed by atoms with van der Waals surface area (Å²) in [5.74, 6) is 0.898. The van der Waals surface area contributed by atoms with Crippen molar-refractivity contribution in [2.24, 2.45) is 0 Å². The van der Waals surface area contributed by atoms with E-state index in [0.717, 1.165) is 29.7 Å². The second-order valence-corrected chi connectivity index (χ2v) is 5.21. The number of nitrogen functional groups attached to an aromatic ring is 1. The van der Waals surface area contributed by atoms with Crippen LogP contribution in [0, 0.1) is 0 Å². The van der Waals surface area contributed by atoms with E-state index in [4.69, 9.17) is 10.5 Å². The van der Waals surface area contributed by atoms with Crippen molar-refractivity contribution in [1.29, 1.82) is 0 Å². The Morgan fingerprint density at radius 1 is 1.53 bits per heavy atom. The molecule has 90 valence electrons. The molecule has 1 atom stereocenters. The molecular formula is C11H14N4OS. The van der Waals surface area contributed by atoms with E-state index in [1.54, 1.807) is 11.3 Å². The van der Waals surface area contributed by atoms with Crippen LogP contribution < -0.4 is 10.5 Å². The fourth-order valence-electron chi connectivity index (χ4n) is 2.08. The molecule has 0 aromatic carbocycles. The number of thiophene rings is 1. The van der Waals surface area contributed by atoms with Gasteiger partial charge in [-0.2, -0.15) is 4.98 Å². The molecule has 1 unspecified atom stereocenters. The highest BCUT2D eigenvalue weighted by Gasteiger charge is 2.22. The Hall–Kier alpha value is -1.40. The second kappa shape index (κ2) is 4.12. The number of likely N-dealkylation sites (N-methyl/N-ethyl adjacent to an activating group) is 1. The molecule has 1 fully saturated rings. The van der Waals surface area contributed by atoms with Crippen molar-refractivity contribution < 1.29 is 4.74 Å². The summed E-state index contributed by atoms with van der Waals surface area (Å²) in [6.45, 7) is 2.01. The van der Waals surface area contributed by atoms with Gasteiger partial charge in [0.15, 0.2) is 0 Å². The third-order valence-electron chi connectivity index (χ3n) is 2.93. The zero-order valence-corrected chi connectivity index (χ0v) is 10.4. The first-order chi connectivity index (χ1) is 8.22. The number of nitrogens with two attached hydrogens (primary N) is 1. The van der Waals surface area contributed by atoms with Gasteiger partial charge in [-0.1, -0.05) is 0 Å². The molecule has 2 aromatic rings. The first-order valence-electron chi connectivity index (χ1n) is 5.58. The highest BCUT2D eigenvalue weighted by Crippen LogP contribution is 2.29. The van der Waals surface area contributed by atoms with Gasteiger partial charge in [0.05, 0.1) is 5.39 Å². The van der Waals surface area contributed by atoms with Crippen LogP contribution in [0.1, 0.15) is 6.42 Å². The molecule has 0 aliphatic carbocycles. The predicted molar refractivity (Wildman–Crippen MR) is 68.4 cm³/mol. The molecule has 0 saturated carbocycles. The number of ether oxygens (including phenoxy) is 1. The number of hydrogen-bond donors (Lipinski definition) is 1. The Kier molecular flexibility index (Phi) is 2.60. The molecule has 2 N–H and O–H groups in total. The minimum Gasteiger partial charge on any atom is -0.472 e. The lowest BCUT2D eigenvalue weighted by atomic mass is 10.3. The average Bonchev–Trinajstić information content (AvgIpc) is 2.87.